The predicted molar refractivity (Wildman–Crippen MR) is 92.5 cm³/mol. The van der Waals surface area contributed by atoms with E-state index >= 15 is 0 Å². The van der Waals surface area contributed by atoms with Crippen molar-refractivity contribution in [1.29, 1.82) is 0 Å². The van der Waals surface area contributed by atoms with Gasteiger partial charge in [-0.25, -0.2) is 0 Å². The van der Waals surface area contributed by atoms with Gasteiger partial charge in [0.2, 0.25) is 0 Å². The van der Waals surface area contributed by atoms with Crippen molar-refractivity contribution in [3.8, 4) is 0 Å². The second kappa shape index (κ2) is 6.37. The maximum atomic E-state index is 12.7. The molecule has 0 spiro atoms. The van der Waals surface area contributed by atoms with Crippen LogP contribution < -0.4 is 4.90 Å². The Bertz CT molecular complexity index is 764. The maximum Gasteiger partial charge on any atom is 0.194 e. The number of hydrogen-bond donors (Lipinski definition) is 0. The van der Waals surface area contributed by atoms with E-state index in [1.165, 1.54) is 12.8 Å². The van der Waals surface area contributed by atoms with Crippen LogP contribution in [0.4, 0.5) is 5.69 Å². The number of fused-ring (bicyclic) bond motifs is 2. The third-order valence-electron chi connectivity index (χ3n) is 4.45. The van der Waals surface area contributed by atoms with E-state index in [4.69, 9.17) is 0 Å². The molecule has 0 aromatic heterocycles. The Hall–Kier alpha value is -2.42. The van der Waals surface area contributed by atoms with Crippen LogP contribution in [0, 0.1) is 0 Å². The van der Waals surface area contributed by atoms with Gasteiger partial charge in [0.15, 0.2) is 11.6 Å². The minimum absolute atomic E-state index is 0.0565. The van der Waals surface area contributed by atoms with E-state index in [-0.39, 0.29) is 11.6 Å². The number of hydrogen-bond acceptors (Lipinski definition) is 3. The summed E-state index contributed by atoms with van der Waals surface area (Å²) in [5, 5.41) is 0. The molecule has 0 atom stereocenters. The minimum Gasteiger partial charge on any atom is -0.375 e. The highest BCUT2D eigenvalue weighted by atomic mass is 16.1. The van der Waals surface area contributed by atoms with Gasteiger partial charge in [-0.3, -0.25) is 9.59 Å². The van der Waals surface area contributed by atoms with Gasteiger partial charge >= 0.3 is 0 Å². The Kier molecular flexibility index (Phi) is 4.28. The van der Waals surface area contributed by atoms with E-state index in [1.807, 2.05) is 19.2 Å². The summed E-state index contributed by atoms with van der Waals surface area (Å²) < 4.78 is 0. The predicted octanol–water partition coefficient (Wildman–Crippen LogP) is 4.09. The van der Waals surface area contributed by atoms with E-state index in [0.717, 1.165) is 18.7 Å². The smallest absolute Gasteiger partial charge is 0.194 e. The van der Waals surface area contributed by atoms with Gasteiger partial charge < -0.3 is 4.90 Å². The molecule has 0 N–H and O–H groups in total. The maximum absolute atomic E-state index is 12.7. The van der Waals surface area contributed by atoms with Crippen molar-refractivity contribution in [1.82, 2.24) is 0 Å². The molecule has 0 amide bonds. The van der Waals surface area contributed by atoms with Crippen molar-refractivity contribution >= 4 is 17.3 Å². The molecule has 118 valence electrons. The first-order valence-corrected chi connectivity index (χ1v) is 8.17. The monoisotopic (exact) mass is 307 g/mol. The van der Waals surface area contributed by atoms with Crippen molar-refractivity contribution in [2.24, 2.45) is 0 Å². The van der Waals surface area contributed by atoms with Gasteiger partial charge in [0.05, 0.1) is 0 Å². The summed E-state index contributed by atoms with van der Waals surface area (Å²) in [5.74, 6) is -0.116. The highest BCUT2D eigenvalue weighted by Gasteiger charge is 2.29. The minimum atomic E-state index is -0.0598. The van der Waals surface area contributed by atoms with Crippen molar-refractivity contribution in [3.05, 3.63) is 64.7 Å². The molecule has 2 aromatic carbocycles. The third-order valence-corrected chi connectivity index (χ3v) is 4.45. The summed E-state index contributed by atoms with van der Waals surface area (Å²) in [6.45, 7) is 3.13. The van der Waals surface area contributed by atoms with Crippen LogP contribution in [0.1, 0.15) is 58.0 Å². The molecule has 0 heterocycles. The zero-order valence-corrected chi connectivity index (χ0v) is 13.6. The fourth-order valence-corrected chi connectivity index (χ4v) is 3.05. The fourth-order valence-electron chi connectivity index (χ4n) is 3.05. The first-order chi connectivity index (χ1) is 11.1. The van der Waals surface area contributed by atoms with Gasteiger partial charge in [-0.2, -0.15) is 0 Å². The first-order valence-electron chi connectivity index (χ1n) is 8.17. The van der Waals surface area contributed by atoms with Crippen molar-refractivity contribution in [3.63, 3.8) is 0 Å². The lowest BCUT2D eigenvalue weighted by atomic mass is 9.84. The van der Waals surface area contributed by atoms with Crippen LogP contribution in [0.15, 0.2) is 42.5 Å². The Balaban J connectivity index is 1.94. The van der Waals surface area contributed by atoms with Gasteiger partial charge in [-0.1, -0.05) is 44.0 Å². The molecule has 3 nitrogen and oxygen atoms in total. The highest BCUT2D eigenvalue weighted by Crippen LogP contribution is 2.30. The highest BCUT2D eigenvalue weighted by molar-refractivity contribution is 6.28. The Morgan fingerprint density at radius 1 is 0.826 bits per heavy atom. The molecule has 3 rings (SSSR count). The zero-order chi connectivity index (χ0) is 16.4. The molecule has 2 aromatic rings. The Labute approximate surface area is 136 Å². The van der Waals surface area contributed by atoms with Crippen molar-refractivity contribution in [2.75, 3.05) is 18.5 Å². The van der Waals surface area contributed by atoms with E-state index < -0.39 is 0 Å². The normalized spacial score (nSPS) is 12.8. The fraction of sp³-hybridized carbons (Fsp3) is 0.300. The summed E-state index contributed by atoms with van der Waals surface area (Å²) in [5.41, 5.74) is 3.04. The topological polar surface area (TPSA) is 37.4 Å². The number of ketones is 2. The number of nitrogens with zero attached hydrogens (tertiary/aromatic N) is 1. The molecule has 0 fully saturated rings. The largest absolute Gasteiger partial charge is 0.375 e. The summed E-state index contributed by atoms with van der Waals surface area (Å²) >= 11 is 0. The summed E-state index contributed by atoms with van der Waals surface area (Å²) in [6.07, 6.45) is 3.50. The summed E-state index contributed by atoms with van der Waals surface area (Å²) in [4.78, 5) is 27.4. The SMILES string of the molecule is CCCCCN(C)c1ccc2c(c1)C(=O)c1ccccc1C2=O. The van der Waals surface area contributed by atoms with E-state index in [9.17, 15) is 9.59 Å². The average Bonchev–Trinajstić information content (AvgIpc) is 2.59. The van der Waals surface area contributed by atoms with Gasteiger partial charge in [-0.05, 0) is 24.6 Å². The molecule has 0 bridgehead atoms. The van der Waals surface area contributed by atoms with Gasteiger partial charge in [-0.15, -0.1) is 0 Å². The number of rotatable bonds is 5. The first kappa shape index (κ1) is 15.5. The molecular formula is C20H21NO2. The number of anilines is 1. The quantitative estimate of drug-likeness (QED) is 0.666. The number of benzene rings is 2. The molecule has 1 aliphatic rings. The lowest BCUT2D eigenvalue weighted by molar-refractivity contribution is 0.0979. The number of unbranched alkanes of at least 4 members (excludes halogenated alkanes) is 2. The van der Waals surface area contributed by atoms with Gasteiger partial charge in [0.25, 0.3) is 0 Å². The average molecular weight is 307 g/mol. The molecule has 1 aliphatic carbocycles. The van der Waals surface area contributed by atoms with Crippen molar-refractivity contribution in [2.45, 2.75) is 26.2 Å². The molecule has 3 heteroatoms. The number of carbonyl (C=O) groups is 2. The van der Waals surface area contributed by atoms with Crippen LogP contribution in [-0.2, 0) is 0 Å². The third kappa shape index (κ3) is 2.79. The molecule has 0 unspecified atom stereocenters. The standard InChI is InChI=1S/C20H21NO2/c1-3-4-7-12-21(2)14-10-11-17-18(13-14)20(23)16-9-6-5-8-15(16)19(17)22/h5-6,8-11,13H,3-4,7,12H2,1-2H3. The van der Waals surface area contributed by atoms with Crippen LogP contribution in [0.5, 0.6) is 0 Å². The lowest BCUT2D eigenvalue weighted by Gasteiger charge is -2.23. The number of carbonyl (C=O) groups excluding carboxylic acids is 2. The lowest BCUT2D eigenvalue weighted by Crippen LogP contribution is -2.23. The van der Waals surface area contributed by atoms with Crippen LogP contribution in [0.2, 0.25) is 0 Å². The van der Waals surface area contributed by atoms with E-state index in [1.54, 1.807) is 30.3 Å². The zero-order valence-electron chi connectivity index (χ0n) is 13.6. The van der Waals surface area contributed by atoms with Crippen LogP contribution in [0.25, 0.3) is 0 Å². The van der Waals surface area contributed by atoms with Crippen LogP contribution >= 0.6 is 0 Å². The van der Waals surface area contributed by atoms with E-state index in [0.29, 0.717) is 22.3 Å². The second-order valence-corrected chi connectivity index (χ2v) is 6.06. The van der Waals surface area contributed by atoms with Crippen LogP contribution in [0.3, 0.4) is 0 Å². The van der Waals surface area contributed by atoms with Gasteiger partial charge in [0.1, 0.15) is 0 Å². The molecular weight excluding hydrogens is 286 g/mol. The van der Waals surface area contributed by atoms with Gasteiger partial charge in [0, 0.05) is 41.5 Å². The molecule has 0 saturated heterocycles. The van der Waals surface area contributed by atoms with E-state index in [2.05, 4.69) is 11.8 Å². The second-order valence-electron chi connectivity index (χ2n) is 6.06. The molecule has 0 aliphatic heterocycles. The Morgan fingerprint density at radius 2 is 1.43 bits per heavy atom. The summed E-state index contributed by atoms with van der Waals surface area (Å²) in [7, 11) is 2.03. The Morgan fingerprint density at radius 3 is 2.09 bits per heavy atom. The molecule has 0 saturated carbocycles. The summed E-state index contributed by atoms with van der Waals surface area (Å²) in [6, 6.07) is 12.6. The molecule has 0 radical (unpaired) electrons. The molecule has 23 heavy (non-hydrogen) atoms. The van der Waals surface area contributed by atoms with Crippen LogP contribution in [-0.4, -0.2) is 25.2 Å². The van der Waals surface area contributed by atoms with Crippen molar-refractivity contribution < 1.29 is 9.59 Å².